The summed E-state index contributed by atoms with van der Waals surface area (Å²) in [6, 6.07) is 0.541. The number of carbonyl (C=O) groups is 1. The van der Waals surface area contributed by atoms with Gasteiger partial charge in [-0.05, 0) is 33.9 Å². The second-order valence-electron chi connectivity index (χ2n) is 4.45. The van der Waals surface area contributed by atoms with Gasteiger partial charge in [0.15, 0.2) is 5.69 Å². The van der Waals surface area contributed by atoms with E-state index in [2.05, 4.69) is 41.1 Å². The van der Waals surface area contributed by atoms with E-state index in [9.17, 15) is 4.79 Å². The monoisotopic (exact) mass is 252 g/mol. The van der Waals surface area contributed by atoms with Crippen molar-refractivity contribution in [2.75, 3.05) is 25.5 Å². The van der Waals surface area contributed by atoms with Gasteiger partial charge in [-0.3, -0.25) is 0 Å². The Labute approximate surface area is 107 Å². The molecule has 1 aromatic heterocycles. The van der Waals surface area contributed by atoms with Crippen LogP contribution in [0.1, 0.15) is 30.8 Å². The quantitative estimate of drug-likeness (QED) is 0.712. The highest BCUT2D eigenvalue weighted by atomic mass is 16.4. The standard InChI is InChI=1S/C12H20N4O2/c1-9(2)16(3)6-4-5-13-11-8-14-10(7-15-11)12(17)18/h7-9H,4-6H2,1-3H3,(H,13,15)(H,17,18). The topological polar surface area (TPSA) is 78.4 Å². The largest absolute Gasteiger partial charge is 0.476 e. The van der Waals surface area contributed by atoms with Crippen molar-refractivity contribution < 1.29 is 9.90 Å². The third kappa shape index (κ3) is 4.67. The molecule has 1 rings (SSSR count). The zero-order valence-electron chi connectivity index (χ0n) is 11.1. The number of rotatable bonds is 7. The van der Waals surface area contributed by atoms with Crippen LogP contribution in [0, 0.1) is 0 Å². The van der Waals surface area contributed by atoms with Crippen molar-refractivity contribution in [1.82, 2.24) is 14.9 Å². The fourth-order valence-electron chi connectivity index (χ4n) is 1.33. The fraction of sp³-hybridized carbons (Fsp3) is 0.583. The van der Waals surface area contributed by atoms with Crippen LogP contribution >= 0.6 is 0 Å². The third-order valence-electron chi connectivity index (χ3n) is 2.75. The molecule has 0 aliphatic heterocycles. The van der Waals surface area contributed by atoms with Gasteiger partial charge in [0, 0.05) is 12.6 Å². The molecule has 6 heteroatoms. The normalized spacial score (nSPS) is 10.9. The number of nitrogens with one attached hydrogen (secondary N) is 1. The van der Waals surface area contributed by atoms with Crippen molar-refractivity contribution in [2.24, 2.45) is 0 Å². The molecule has 0 atom stereocenters. The first-order chi connectivity index (χ1) is 8.50. The molecule has 1 aromatic rings. The Morgan fingerprint density at radius 2 is 2.17 bits per heavy atom. The van der Waals surface area contributed by atoms with Crippen LogP contribution in [-0.4, -0.2) is 52.1 Å². The summed E-state index contributed by atoms with van der Waals surface area (Å²) >= 11 is 0. The summed E-state index contributed by atoms with van der Waals surface area (Å²) in [4.78, 5) is 20.6. The molecule has 0 aromatic carbocycles. The van der Waals surface area contributed by atoms with E-state index in [1.54, 1.807) is 0 Å². The second-order valence-corrected chi connectivity index (χ2v) is 4.45. The number of aromatic carboxylic acids is 1. The average molecular weight is 252 g/mol. The van der Waals surface area contributed by atoms with Crippen LogP contribution < -0.4 is 5.32 Å². The van der Waals surface area contributed by atoms with Crippen molar-refractivity contribution in [1.29, 1.82) is 0 Å². The van der Waals surface area contributed by atoms with Crippen LogP contribution in [0.5, 0.6) is 0 Å². The van der Waals surface area contributed by atoms with Crippen molar-refractivity contribution in [3.05, 3.63) is 18.1 Å². The molecule has 6 nitrogen and oxygen atoms in total. The van der Waals surface area contributed by atoms with Crippen LogP contribution in [0.3, 0.4) is 0 Å². The number of anilines is 1. The molecule has 0 aliphatic rings. The van der Waals surface area contributed by atoms with E-state index < -0.39 is 5.97 Å². The summed E-state index contributed by atoms with van der Waals surface area (Å²) in [7, 11) is 2.09. The second kappa shape index (κ2) is 6.90. The number of hydrogen-bond acceptors (Lipinski definition) is 5. The maximum Gasteiger partial charge on any atom is 0.356 e. The first kappa shape index (κ1) is 14.4. The van der Waals surface area contributed by atoms with Gasteiger partial charge in [0.2, 0.25) is 0 Å². The lowest BCUT2D eigenvalue weighted by Crippen LogP contribution is -2.28. The van der Waals surface area contributed by atoms with E-state index in [1.807, 2.05) is 0 Å². The lowest BCUT2D eigenvalue weighted by Gasteiger charge is -2.20. The summed E-state index contributed by atoms with van der Waals surface area (Å²) in [6.07, 6.45) is 3.69. The van der Waals surface area contributed by atoms with Crippen LogP contribution in [0.15, 0.2) is 12.4 Å². The van der Waals surface area contributed by atoms with E-state index in [0.717, 1.165) is 19.5 Å². The molecule has 0 saturated heterocycles. The maximum absolute atomic E-state index is 10.6. The molecule has 0 aliphatic carbocycles. The van der Waals surface area contributed by atoms with E-state index in [-0.39, 0.29) is 5.69 Å². The molecular formula is C12H20N4O2. The molecule has 2 N–H and O–H groups in total. The van der Waals surface area contributed by atoms with Crippen molar-refractivity contribution in [3.63, 3.8) is 0 Å². The minimum absolute atomic E-state index is 0.0416. The van der Waals surface area contributed by atoms with Crippen molar-refractivity contribution >= 4 is 11.8 Å². The predicted molar refractivity (Wildman–Crippen MR) is 69.9 cm³/mol. The lowest BCUT2D eigenvalue weighted by atomic mass is 10.3. The Bertz CT molecular complexity index is 378. The number of carboxylic acid groups (broad SMARTS) is 1. The Morgan fingerprint density at radius 1 is 1.44 bits per heavy atom. The summed E-state index contributed by atoms with van der Waals surface area (Å²) in [6.45, 7) is 6.11. The molecule has 0 amide bonds. The van der Waals surface area contributed by atoms with E-state index in [0.29, 0.717) is 11.9 Å². The molecule has 0 saturated carbocycles. The predicted octanol–water partition coefficient (Wildman–Crippen LogP) is 1.32. The zero-order chi connectivity index (χ0) is 13.5. The SMILES string of the molecule is CC(C)N(C)CCCNc1cnc(C(=O)O)cn1. The van der Waals surface area contributed by atoms with Crippen LogP contribution in [-0.2, 0) is 0 Å². The Hall–Kier alpha value is -1.69. The van der Waals surface area contributed by atoms with E-state index in [4.69, 9.17) is 5.11 Å². The van der Waals surface area contributed by atoms with E-state index in [1.165, 1.54) is 12.4 Å². The first-order valence-corrected chi connectivity index (χ1v) is 6.00. The summed E-state index contributed by atoms with van der Waals surface area (Å²) in [5, 5.41) is 11.8. The molecular weight excluding hydrogens is 232 g/mol. The number of carboxylic acids is 1. The molecule has 0 bridgehead atoms. The molecule has 1 heterocycles. The van der Waals surface area contributed by atoms with Gasteiger partial charge >= 0.3 is 5.97 Å². The highest BCUT2D eigenvalue weighted by Gasteiger charge is 2.05. The smallest absolute Gasteiger partial charge is 0.356 e. The van der Waals surface area contributed by atoms with Gasteiger partial charge in [-0.15, -0.1) is 0 Å². The number of aromatic nitrogens is 2. The molecule has 100 valence electrons. The highest BCUT2D eigenvalue weighted by molar-refractivity contribution is 5.84. The lowest BCUT2D eigenvalue weighted by molar-refractivity contribution is 0.0690. The molecule has 0 fully saturated rings. The molecule has 0 radical (unpaired) electrons. The van der Waals surface area contributed by atoms with Gasteiger partial charge in [0.25, 0.3) is 0 Å². The van der Waals surface area contributed by atoms with Crippen LogP contribution in [0.2, 0.25) is 0 Å². The van der Waals surface area contributed by atoms with Gasteiger partial charge < -0.3 is 15.3 Å². The van der Waals surface area contributed by atoms with Gasteiger partial charge in [-0.1, -0.05) is 0 Å². The Balaban J connectivity index is 2.29. The summed E-state index contributed by atoms with van der Waals surface area (Å²) in [5.41, 5.74) is -0.0416. The highest BCUT2D eigenvalue weighted by Crippen LogP contribution is 2.02. The Morgan fingerprint density at radius 3 is 2.67 bits per heavy atom. The third-order valence-corrected chi connectivity index (χ3v) is 2.75. The number of nitrogens with zero attached hydrogens (tertiary/aromatic N) is 3. The maximum atomic E-state index is 10.6. The van der Waals surface area contributed by atoms with E-state index >= 15 is 0 Å². The van der Waals surface area contributed by atoms with Gasteiger partial charge in [-0.25, -0.2) is 14.8 Å². The molecule has 18 heavy (non-hydrogen) atoms. The average Bonchev–Trinajstić information content (AvgIpc) is 2.34. The summed E-state index contributed by atoms with van der Waals surface area (Å²) in [5.74, 6) is -0.459. The minimum Gasteiger partial charge on any atom is -0.476 e. The summed E-state index contributed by atoms with van der Waals surface area (Å²) < 4.78 is 0. The zero-order valence-corrected chi connectivity index (χ0v) is 11.1. The van der Waals surface area contributed by atoms with Crippen molar-refractivity contribution in [2.45, 2.75) is 26.3 Å². The molecule has 0 spiro atoms. The van der Waals surface area contributed by atoms with Gasteiger partial charge in [0.1, 0.15) is 5.82 Å². The molecule has 0 unspecified atom stereocenters. The number of hydrogen-bond donors (Lipinski definition) is 2. The van der Waals surface area contributed by atoms with Crippen LogP contribution in [0.4, 0.5) is 5.82 Å². The fourth-order valence-corrected chi connectivity index (χ4v) is 1.33. The van der Waals surface area contributed by atoms with Crippen LogP contribution in [0.25, 0.3) is 0 Å². The van der Waals surface area contributed by atoms with Crippen molar-refractivity contribution in [3.8, 4) is 0 Å². The van der Waals surface area contributed by atoms with Gasteiger partial charge in [-0.2, -0.15) is 0 Å². The van der Waals surface area contributed by atoms with Gasteiger partial charge in [0.05, 0.1) is 12.4 Å². The minimum atomic E-state index is -1.06. The Kier molecular flexibility index (Phi) is 5.51. The first-order valence-electron chi connectivity index (χ1n) is 6.00.